The number of carbonyl (C=O) groups excluding carboxylic acids is 1. The summed E-state index contributed by atoms with van der Waals surface area (Å²) >= 11 is 10.8. The van der Waals surface area contributed by atoms with Gasteiger partial charge in [-0.15, -0.1) is 11.3 Å². The number of hydrogen-bond donors (Lipinski definition) is 1. The molecule has 1 amide bonds. The minimum absolute atomic E-state index is 0.191. The molecule has 2 aromatic heterocycles. The number of fused-ring (bicyclic) bond motifs is 1. The van der Waals surface area contributed by atoms with Crippen LogP contribution in [-0.4, -0.2) is 10.9 Å². The summed E-state index contributed by atoms with van der Waals surface area (Å²) in [4.78, 5) is 16.3. The maximum atomic E-state index is 12.3. The first-order chi connectivity index (χ1) is 9.65. The number of halogens is 2. The van der Waals surface area contributed by atoms with Crippen LogP contribution >= 0.6 is 38.9 Å². The molecular weight excluding hydrogens is 360 g/mol. The first-order valence-corrected chi connectivity index (χ1v) is 7.79. The summed E-state index contributed by atoms with van der Waals surface area (Å²) in [6.07, 6.45) is 1.58. The molecule has 0 atom stereocenters. The average molecular weight is 368 g/mol. The molecule has 1 aromatic carbocycles. The van der Waals surface area contributed by atoms with Crippen LogP contribution in [-0.2, 0) is 0 Å². The molecule has 0 aliphatic carbocycles. The molecule has 0 saturated heterocycles. The highest BCUT2D eigenvalue weighted by Crippen LogP contribution is 2.28. The Labute approximate surface area is 132 Å². The normalized spacial score (nSPS) is 10.7. The van der Waals surface area contributed by atoms with E-state index in [1.165, 1.54) is 0 Å². The first kappa shape index (κ1) is 13.5. The molecule has 1 N–H and O–H groups in total. The van der Waals surface area contributed by atoms with Crippen molar-refractivity contribution in [2.45, 2.75) is 0 Å². The summed E-state index contributed by atoms with van der Waals surface area (Å²) < 4.78 is 1.84. The summed E-state index contributed by atoms with van der Waals surface area (Å²) in [6, 6.07) is 9.52. The number of rotatable bonds is 2. The van der Waals surface area contributed by atoms with Crippen LogP contribution < -0.4 is 5.32 Å². The molecule has 0 spiro atoms. The minimum atomic E-state index is -0.191. The highest BCUT2D eigenvalue weighted by molar-refractivity contribution is 9.10. The van der Waals surface area contributed by atoms with Gasteiger partial charge in [0, 0.05) is 26.1 Å². The van der Waals surface area contributed by atoms with E-state index in [1.54, 1.807) is 23.6 Å². The van der Waals surface area contributed by atoms with Gasteiger partial charge in [0.05, 0.1) is 11.3 Å². The number of aromatic nitrogens is 1. The van der Waals surface area contributed by atoms with Crippen molar-refractivity contribution in [2.24, 2.45) is 0 Å². The lowest BCUT2D eigenvalue weighted by atomic mass is 10.1. The fraction of sp³-hybridized carbons (Fsp3) is 0. The fourth-order valence-electron chi connectivity index (χ4n) is 1.85. The standard InChI is InChI=1S/C14H8BrClN2OS/c15-8-5-11(13(16)17-6-8)18-14(19)10-7-20-12-4-2-1-3-9(10)12/h1-7H,(H,18,19). The minimum Gasteiger partial charge on any atom is -0.319 e. The molecule has 0 aliphatic rings. The van der Waals surface area contributed by atoms with Crippen LogP contribution in [0, 0.1) is 0 Å². The van der Waals surface area contributed by atoms with Gasteiger partial charge in [-0.2, -0.15) is 0 Å². The van der Waals surface area contributed by atoms with Crippen molar-refractivity contribution in [3.8, 4) is 0 Å². The highest BCUT2D eigenvalue weighted by Gasteiger charge is 2.14. The number of nitrogens with one attached hydrogen (secondary N) is 1. The molecule has 0 unspecified atom stereocenters. The van der Waals surface area contributed by atoms with Crippen molar-refractivity contribution in [3.05, 3.63) is 57.1 Å². The van der Waals surface area contributed by atoms with Crippen molar-refractivity contribution in [1.82, 2.24) is 4.98 Å². The van der Waals surface area contributed by atoms with Gasteiger partial charge in [0.1, 0.15) is 0 Å². The Kier molecular flexibility index (Phi) is 3.74. The van der Waals surface area contributed by atoms with Crippen molar-refractivity contribution in [2.75, 3.05) is 5.32 Å². The van der Waals surface area contributed by atoms with Crippen LogP contribution in [0.25, 0.3) is 10.1 Å². The summed E-state index contributed by atoms with van der Waals surface area (Å²) in [5.41, 5.74) is 1.13. The zero-order valence-electron chi connectivity index (χ0n) is 10.1. The fourth-order valence-corrected chi connectivity index (χ4v) is 3.28. The molecule has 0 fully saturated rings. The molecule has 2 heterocycles. The molecule has 0 aliphatic heterocycles. The average Bonchev–Trinajstić information content (AvgIpc) is 2.87. The molecule has 0 bridgehead atoms. The Balaban J connectivity index is 1.95. The van der Waals surface area contributed by atoms with Crippen molar-refractivity contribution in [1.29, 1.82) is 0 Å². The predicted molar refractivity (Wildman–Crippen MR) is 86.7 cm³/mol. The van der Waals surface area contributed by atoms with Gasteiger partial charge in [-0.1, -0.05) is 29.8 Å². The molecule has 3 aromatic rings. The van der Waals surface area contributed by atoms with Crippen LogP contribution in [0.4, 0.5) is 5.69 Å². The van der Waals surface area contributed by atoms with E-state index in [2.05, 4.69) is 26.2 Å². The lowest BCUT2D eigenvalue weighted by Crippen LogP contribution is -2.12. The second-order valence-electron chi connectivity index (χ2n) is 4.09. The zero-order chi connectivity index (χ0) is 14.1. The molecule has 0 radical (unpaired) electrons. The lowest BCUT2D eigenvalue weighted by Gasteiger charge is -2.06. The highest BCUT2D eigenvalue weighted by atomic mass is 79.9. The van der Waals surface area contributed by atoms with Gasteiger partial charge in [0.15, 0.2) is 5.15 Å². The van der Waals surface area contributed by atoms with Gasteiger partial charge in [-0.25, -0.2) is 4.98 Å². The third-order valence-corrected chi connectivity index (χ3v) is 4.48. The molecule has 3 nitrogen and oxygen atoms in total. The van der Waals surface area contributed by atoms with E-state index in [1.807, 2.05) is 29.6 Å². The van der Waals surface area contributed by atoms with Crippen LogP contribution in [0.1, 0.15) is 10.4 Å². The van der Waals surface area contributed by atoms with E-state index < -0.39 is 0 Å². The topological polar surface area (TPSA) is 42.0 Å². The smallest absolute Gasteiger partial charge is 0.257 e. The predicted octanol–water partition coefficient (Wildman–Crippen LogP) is 4.96. The van der Waals surface area contributed by atoms with Crippen molar-refractivity contribution in [3.63, 3.8) is 0 Å². The Hall–Kier alpha value is -1.43. The molecule has 6 heteroatoms. The van der Waals surface area contributed by atoms with Gasteiger partial charge >= 0.3 is 0 Å². The summed E-state index contributed by atoms with van der Waals surface area (Å²) in [6.45, 7) is 0. The monoisotopic (exact) mass is 366 g/mol. The third-order valence-electron chi connectivity index (χ3n) is 2.78. The van der Waals surface area contributed by atoms with Crippen LogP contribution in [0.15, 0.2) is 46.4 Å². The lowest BCUT2D eigenvalue weighted by molar-refractivity contribution is 0.102. The second kappa shape index (κ2) is 5.52. The maximum Gasteiger partial charge on any atom is 0.257 e. The quantitative estimate of drug-likeness (QED) is 0.650. The Bertz CT molecular complexity index is 803. The van der Waals surface area contributed by atoms with Crippen LogP contribution in [0.2, 0.25) is 5.15 Å². The summed E-state index contributed by atoms with van der Waals surface area (Å²) in [5, 5.41) is 5.84. The molecule has 3 rings (SSSR count). The number of amides is 1. The van der Waals surface area contributed by atoms with Crippen molar-refractivity contribution >= 4 is 60.5 Å². The first-order valence-electron chi connectivity index (χ1n) is 5.74. The Morgan fingerprint density at radius 3 is 3.00 bits per heavy atom. The van der Waals surface area contributed by atoms with Gasteiger partial charge in [-0.05, 0) is 28.1 Å². The van der Waals surface area contributed by atoms with Gasteiger partial charge in [0.25, 0.3) is 5.91 Å². The van der Waals surface area contributed by atoms with E-state index in [4.69, 9.17) is 11.6 Å². The van der Waals surface area contributed by atoms with E-state index in [9.17, 15) is 4.79 Å². The number of carbonyl (C=O) groups is 1. The number of thiophene rings is 1. The number of anilines is 1. The van der Waals surface area contributed by atoms with E-state index in [-0.39, 0.29) is 11.1 Å². The molecule has 0 saturated carbocycles. The summed E-state index contributed by atoms with van der Waals surface area (Å²) in [7, 11) is 0. The van der Waals surface area contributed by atoms with Crippen LogP contribution in [0.5, 0.6) is 0 Å². The Morgan fingerprint density at radius 1 is 1.35 bits per heavy atom. The van der Waals surface area contributed by atoms with E-state index in [0.29, 0.717) is 11.3 Å². The van der Waals surface area contributed by atoms with Crippen molar-refractivity contribution < 1.29 is 4.79 Å². The molecule has 100 valence electrons. The maximum absolute atomic E-state index is 12.3. The van der Waals surface area contributed by atoms with Gasteiger partial charge in [-0.3, -0.25) is 4.79 Å². The SMILES string of the molecule is O=C(Nc1cc(Br)cnc1Cl)c1csc2ccccc12. The van der Waals surface area contributed by atoms with E-state index >= 15 is 0 Å². The Morgan fingerprint density at radius 2 is 2.15 bits per heavy atom. The number of benzene rings is 1. The molecule has 20 heavy (non-hydrogen) atoms. The zero-order valence-corrected chi connectivity index (χ0v) is 13.2. The summed E-state index contributed by atoms with van der Waals surface area (Å²) in [5.74, 6) is -0.191. The molecular formula is C14H8BrClN2OS. The van der Waals surface area contributed by atoms with Crippen LogP contribution in [0.3, 0.4) is 0 Å². The van der Waals surface area contributed by atoms with Gasteiger partial charge in [0.2, 0.25) is 0 Å². The largest absolute Gasteiger partial charge is 0.319 e. The third kappa shape index (κ3) is 2.57. The number of nitrogens with zero attached hydrogens (tertiary/aromatic N) is 1. The number of pyridine rings is 1. The number of hydrogen-bond acceptors (Lipinski definition) is 3. The van der Waals surface area contributed by atoms with E-state index in [0.717, 1.165) is 14.6 Å². The second-order valence-corrected chi connectivity index (χ2v) is 6.28. The van der Waals surface area contributed by atoms with Gasteiger partial charge < -0.3 is 5.32 Å².